The van der Waals surface area contributed by atoms with Crippen LogP contribution in [0.5, 0.6) is 0 Å². The van der Waals surface area contributed by atoms with E-state index >= 15 is 0 Å². The van der Waals surface area contributed by atoms with E-state index in [1.54, 1.807) is 20.8 Å². The molecule has 6 nitrogen and oxygen atoms in total. The molecule has 0 fully saturated rings. The highest BCUT2D eigenvalue weighted by atomic mass is 79.9. The van der Waals surface area contributed by atoms with Gasteiger partial charge in [-0.3, -0.25) is 4.79 Å². The summed E-state index contributed by atoms with van der Waals surface area (Å²) in [4.78, 5) is 23.3. The Hall–Kier alpha value is -1.60. The summed E-state index contributed by atoms with van der Waals surface area (Å²) in [6.07, 6.45) is 3.11. The maximum absolute atomic E-state index is 12.1. The quantitative estimate of drug-likeness (QED) is 0.348. The van der Waals surface area contributed by atoms with E-state index in [1.165, 1.54) is 12.0 Å². The lowest BCUT2D eigenvalue weighted by molar-refractivity contribution is -0.118. The molecule has 2 amide bonds. The average molecular weight is 471 g/mol. The van der Waals surface area contributed by atoms with Crippen LogP contribution in [0.25, 0.3) is 0 Å². The maximum atomic E-state index is 12.1. The molecular formula is C22H35BrN2O4. The van der Waals surface area contributed by atoms with Gasteiger partial charge < -0.3 is 20.5 Å². The van der Waals surface area contributed by atoms with Gasteiger partial charge in [0.05, 0.1) is 18.8 Å². The van der Waals surface area contributed by atoms with Crippen LogP contribution in [0.4, 0.5) is 4.79 Å². The monoisotopic (exact) mass is 470 g/mol. The van der Waals surface area contributed by atoms with Gasteiger partial charge >= 0.3 is 6.09 Å². The summed E-state index contributed by atoms with van der Waals surface area (Å²) < 4.78 is 11.3. The summed E-state index contributed by atoms with van der Waals surface area (Å²) in [7, 11) is 0. The van der Waals surface area contributed by atoms with Gasteiger partial charge in [0.15, 0.2) is 0 Å². The number of alkyl halides is 1. The first-order valence-electron chi connectivity index (χ1n) is 10.1. The number of hydrogen-bond acceptors (Lipinski definition) is 4. The van der Waals surface area contributed by atoms with Crippen molar-refractivity contribution < 1.29 is 19.1 Å². The fourth-order valence-electron chi connectivity index (χ4n) is 2.75. The first kappa shape index (κ1) is 25.4. The molecule has 0 heterocycles. The van der Waals surface area contributed by atoms with Crippen molar-refractivity contribution in [2.24, 2.45) is 5.73 Å². The Labute approximate surface area is 183 Å². The number of alkyl carbamates (subject to hydrolysis) is 1. The molecule has 3 N–H and O–H groups in total. The molecule has 0 aliphatic rings. The van der Waals surface area contributed by atoms with Gasteiger partial charge in [-0.25, -0.2) is 4.79 Å². The van der Waals surface area contributed by atoms with E-state index < -0.39 is 17.6 Å². The molecule has 29 heavy (non-hydrogen) atoms. The fourth-order valence-corrected chi connectivity index (χ4v) is 3.15. The number of benzene rings is 1. The molecule has 2 atom stereocenters. The largest absolute Gasteiger partial charge is 0.444 e. The number of hydrogen-bond donors (Lipinski definition) is 2. The smallest absolute Gasteiger partial charge is 0.407 e. The normalized spacial score (nSPS) is 13.6. The van der Waals surface area contributed by atoms with Gasteiger partial charge in [-0.05, 0) is 64.5 Å². The number of aryl methyl sites for hydroxylation is 1. The highest BCUT2D eigenvalue weighted by molar-refractivity contribution is 9.09. The Morgan fingerprint density at radius 1 is 1.14 bits per heavy atom. The molecule has 0 saturated heterocycles. The first-order valence-corrected chi connectivity index (χ1v) is 11.3. The zero-order chi connectivity index (χ0) is 21.9. The van der Waals surface area contributed by atoms with Crippen LogP contribution in [-0.4, -0.2) is 35.1 Å². The van der Waals surface area contributed by atoms with Crippen LogP contribution in [-0.2, 0) is 27.3 Å². The molecule has 0 spiro atoms. The summed E-state index contributed by atoms with van der Waals surface area (Å²) >= 11 is 3.45. The predicted molar refractivity (Wildman–Crippen MR) is 119 cm³/mol. The Morgan fingerprint density at radius 2 is 1.76 bits per heavy atom. The number of nitrogens with one attached hydrogen (secondary N) is 1. The molecular weight excluding hydrogens is 436 g/mol. The van der Waals surface area contributed by atoms with Crippen molar-refractivity contribution in [1.29, 1.82) is 0 Å². The van der Waals surface area contributed by atoms with Crippen LogP contribution in [0.3, 0.4) is 0 Å². The van der Waals surface area contributed by atoms with Crippen LogP contribution < -0.4 is 11.1 Å². The topological polar surface area (TPSA) is 90.6 Å². The summed E-state index contributed by atoms with van der Waals surface area (Å²) in [6.45, 7) is 7.70. The highest BCUT2D eigenvalue weighted by Gasteiger charge is 2.24. The zero-order valence-electron chi connectivity index (χ0n) is 18.0. The summed E-state index contributed by atoms with van der Waals surface area (Å²) in [6, 6.07) is 8.01. The third kappa shape index (κ3) is 11.9. The first-order chi connectivity index (χ1) is 13.6. The van der Waals surface area contributed by atoms with E-state index in [0.717, 1.165) is 23.7 Å². The van der Waals surface area contributed by atoms with Crippen molar-refractivity contribution in [2.75, 3.05) is 5.33 Å². The van der Waals surface area contributed by atoms with Crippen molar-refractivity contribution in [3.05, 3.63) is 35.4 Å². The van der Waals surface area contributed by atoms with Crippen LogP contribution in [0.15, 0.2) is 24.3 Å². The van der Waals surface area contributed by atoms with Crippen LogP contribution in [0.2, 0.25) is 0 Å². The van der Waals surface area contributed by atoms with Crippen LogP contribution in [0.1, 0.15) is 64.5 Å². The number of ether oxygens (including phenoxy) is 2. The molecule has 0 radical (unpaired) electrons. The van der Waals surface area contributed by atoms with Gasteiger partial charge in [0.25, 0.3) is 0 Å². The number of amides is 2. The Balaban J connectivity index is 2.60. The van der Waals surface area contributed by atoms with Gasteiger partial charge in [-0.2, -0.15) is 0 Å². The molecule has 1 rings (SSSR count). The maximum Gasteiger partial charge on any atom is 0.407 e. The number of nitrogens with two attached hydrogens (primary N) is 1. The third-order valence-electron chi connectivity index (χ3n) is 4.36. The van der Waals surface area contributed by atoms with Crippen molar-refractivity contribution >= 4 is 27.9 Å². The molecule has 0 bridgehead atoms. The highest BCUT2D eigenvalue weighted by Crippen LogP contribution is 2.14. The van der Waals surface area contributed by atoms with E-state index in [1.807, 2.05) is 6.92 Å². The lowest BCUT2D eigenvalue weighted by Gasteiger charge is -2.27. The van der Waals surface area contributed by atoms with Gasteiger partial charge in [0, 0.05) is 11.8 Å². The predicted octanol–water partition coefficient (Wildman–Crippen LogP) is 4.47. The number of unbranched alkanes of at least 4 members (excludes halogenated alkanes) is 1. The SMILES string of the molecule is CC(OCc1ccc(CCCCBr)cc1)C(CCC(N)=O)NC(=O)OC(C)(C)C. The standard InChI is InChI=1S/C22H35BrN2O4/c1-16(19(12-13-20(24)26)25-21(27)29-22(2,3)4)28-15-18-10-8-17(9-11-18)7-5-6-14-23/h8-11,16,19H,5-7,12-15H2,1-4H3,(H2,24,26)(H,25,27). The van der Waals surface area contributed by atoms with E-state index in [-0.39, 0.29) is 18.6 Å². The lowest BCUT2D eigenvalue weighted by Crippen LogP contribution is -2.45. The van der Waals surface area contributed by atoms with Crippen molar-refractivity contribution in [2.45, 2.75) is 84.2 Å². The molecule has 0 aliphatic heterocycles. The molecule has 1 aromatic rings. The third-order valence-corrected chi connectivity index (χ3v) is 4.92. The number of primary amides is 1. The van der Waals surface area contributed by atoms with Gasteiger partial charge in [0.2, 0.25) is 5.91 Å². The minimum absolute atomic E-state index is 0.164. The fraction of sp³-hybridized carbons (Fsp3) is 0.636. The number of carbonyl (C=O) groups is 2. The van der Waals surface area contributed by atoms with Gasteiger partial charge in [0.1, 0.15) is 5.60 Å². The minimum Gasteiger partial charge on any atom is -0.444 e. The summed E-state index contributed by atoms with van der Waals surface area (Å²) in [5, 5.41) is 3.84. The lowest BCUT2D eigenvalue weighted by atomic mass is 10.1. The number of carbonyl (C=O) groups excluding carboxylic acids is 2. The van der Waals surface area contributed by atoms with Gasteiger partial charge in [-0.15, -0.1) is 0 Å². The Bertz CT molecular complexity index is 629. The van der Waals surface area contributed by atoms with E-state index in [4.69, 9.17) is 15.2 Å². The second kappa shape index (κ2) is 12.9. The number of halogens is 1. The van der Waals surface area contributed by atoms with E-state index in [2.05, 4.69) is 45.5 Å². The summed E-state index contributed by atoms with van der Waals surface area (Å²) in [5.41, 5.74) is 7.05. The van der Waals surface area contributed by atoms with Crippen molar-refractivity contribution in [3.63, 3.8) is 0 Å². The van der Waals surface area contributed by atoms with E-state index in [9.17, 15) is 9.59 Å². The molecule has 0 aliphatic carbocycles. The second-order valence-corrected chi connectivity index (χ2v) is 9.03. The molecule has 164 valence electrons. The van der Waals surface area contributed by atoms with E-state index in [0.29, 0.717) is 13.0 Å². The zero-order valence-corrected chi connectivity index (χ0v) is 19.6. The van der Waals surface area contributed by atoms with Crippen molar-refractivity contribution in [1.82, 2.24) is 5.32 Å². The second-order valence-electron chi connectivity index (χ2n) is 8.24. The van der Waals surface area contributed by atoms with Crippen molar-refractivity contribution in [3.8, 4) is 0 Å². The molecule has 2 unspecified atom stereocenters. The molecule has 0 saturated carbocycles. The molecule has 0 aromatic heterocycles. The van der Waals surface area contributed by atoms with Crippen LogP contribution in [0, 0.1) is 0 Å². The Kier molecular flexibility index (Phi) is 11.3. The summed E-state index contributed by atoms with van der Waals surface area (Å²) in [5.74, 6) is -0.413. The minimum atomic E-state index is -0.599. The molecule has 7 heteroatoms. The van der Waals surface area contributed by atoms with Gasteiger partial charge in [-0.1, -0.05) is 40.2 Å². The van der Waals surface area contributed by atoms with Crippen LogP contribution >= 0.6 is 15.9 Å². The average Bonchev–Trinajstić information content (AvgIpc) is 2.62. The Morgan fingerprint density at radius 3 is 2.31 bits per heavy atom. The number of rotatable bonds is 12. The molecule has 1 aromatic carbocycles.